The first-order valence-electron chi connectivity index (χ1n) is 4.29. The van der Waals surface area contributed by atoms with E-state index in [4.69, 9.17) is 10.7 Å². The molecule has 0 atom stereocenters. The maximum Gasteiger partial charge on any atom is 0.191 e. The Bertz CT molecular complexity index is 623. The molecule has 1 aromatic heterocycles. The molecular weight excluding hydrogens is 250 g/mol. The van der Waals surface area contributed by atoms with Gasteiger partial charge in [0, 0.05) is 11.0 Å². The van der Waals surface area contributed by atoms with Gasteiger partial charge in [-0.25, -0.2) is 0 Å². The number of benzene rings is 1. The van der Waals surface area contributed by atoms with Crippen LogP contribution in [0.2, 0.25) is 0 Å². The lowest BCUT2D eigenvalue weighted by molar-refractivity contribution is -0.255. The summed E-state index contributed by atoms with van der Waals surface area (Å²) in [7, 11) is 6.53. The van der Waals surface area contributed by atoms with Gasteiger partial charge in [-0.2, -0.15) is 0 Å². The zero-order chi connectivity index (χ0) is 11.7. The van der Waals surface area contributed by atoms with E-state index in [2.05, 4.69) is 4.98 Å². The van der Waals surface area contributed by atoms with Crippen molar-refractivity contribution < 1.29 is 9.90 Å². The summed E-state index contributed by atoms with van der Waals surface area (Å²) >= 11 is 0. The Labute approximate surface area is 98.7 Å². The fourth-order valence-electron chi connectivity index (χ4n) is 1.45. The number of aromatic nitrogens is 1. The van der Waals surface area contributed by atoms with Crippen LogP contribution in [0.15, 0.2) is 34.0 Å². The zero-order valence-electron chi connectivity index (χ0n) is 7.82. The van der Waals surface area contributed by atoms with Crippen LogP contribution in [0, 0.1) is 0 Å². The highest BCUT2D eigenvalue weighted by Gasteiger charge is 2.07. The summed E-state index contributed by atoms with van der Waals surface area (Å²) < 4.78 is 0. The lowest BCUT2D eigenvalue weighted by Gasteiger charge is -2.06. The van der Waals surface area contributed by atoms with E-state index in [1.165, 1.54) is 0 Å². The number of carboxylic acids is 1. The fourth-order valence-corrected chi connectivity index (χ4v) is 2.25. The van der Waals surface area contributed by atoms with Gasteiger partial charge < -0.3 is 14.9 Å². The molecule has 0 saturated heterocycles. The molecule has 0 amide bonds. The van der Waals surface area contributed by atoms with Crippen molar-refractivity contribution in [2.75, 3.05) is 0 Å². The summed E-state index contributed by atoms with van der Waals surface area (Å²) in [4.78, 5) is 25.5. The lowest BCUT2D eigenvalue weighted by Crippen LogP contribution is -2.25. The zero-order valence-corrected chi connectivity index (χ0v) is 9.39. The third kappa shape index (κ3) is 1.79. The fraction of sp³-hybridized carbons (Fsp3) is 0. The average molecular weight is 255 g/mol. The van der Waals surface area contributed by atoms with Crippen LogP contribution < -0.4 is 10.5 Å². The van der Waals surface area contributed by atoms with Crippen LogP contribution >= 0.6 is 21.7 Å². The van der Waals surface area contributed by atoms with Gasteiger partial charge in [0.1, 0.15) is 0 Å². The van der Waals surface area contributed by atoms with Crippen molar-refractivity contribution in [3.05, 3.63) is 40.2 Å². The largest absolute Gasteiger partial charge is 0.543 e. The molecule has 0 spiro atoms. The molecular formula is C10H5ClNO3S-. The minimum absolute atomic E-state index is 0.241. The molecule has 0 unspecified atom stereocenters. The number of aromatic amines is 1. The van der Waals surface area contributed by atoms with Crippen molar-refractivity contribution in [3.8, 4) is 0 Å². The van der Waals surface area contributed by atoms with Crippen LogP contribution in [0.1, 0.15) is 10.5 Å². The topological polar surface area (TPSA) is 73.0 Å². The number of hydrogen-bond donors (Lipinski definition) is 1. The molecule has 1 aromatic carbocycles. The number of carbonyl (C=O) groups is 1. The maximum atomic E-state index is 11.7. The van der Waals surface area contributed by atoms with Crippen LogP contribution in [-0.2, 0) is 0 Å². The first kappa shape index (κ1) is 11.0. The van der Waals surface area contributed by atoms with E-state index in [1.54, 1.807) is 18.2 Å². The van der Waals surface area contributed by atoms with E-state index < -0.39 is 11.4 Å². The Hall–Kier alpha value is -1.46. The molecule has 0 aliphatic rings. The minimum atomic E-state index is -1.41. The second kappa shape index (κ2) is 4.19. The highest BCUT2D eigenvalue weighted by atomic mass is 35.7. The second-order valence-electron chi connectivity index (χ2n) is 3.09. The third-order valence-electron chi connectivity index (χ3n) is 2.12. The predicted molar refractivity (Wildman–Crippen MR) is 60.6 cm³/mol. The van der Waals surface area contributed by atoms with E-state index in [-0.39, 0.29) is 5.69 Å². The first-order valence-corrected chi connectivity index (χ1v) is 5.93. The van der Waals surface area contributed by atoms with Crippen molar-refractivity contribution in [1.82, 2.24) is 4.98 Å². The number of carboxylic acid groups (broad SMARTS) is 1. The second-order valence-corrected chi connectivity index (χ2v) is 4.15. The van der Waals surface area contributed by atoms with Crippen LogP contribution in [0.3, 0.4) is 0 Å². The van der Waals surface area contributed by atoms with Gasteiger partial charge in [-0.05, 0) is 33.8 Å². The number of carbonyl (C=O) groups excluding carboxylic acids is 1. The Morgan fingerprint density at radius 1 is 1.44 bits per heavy atom. The van der Waals surface area contributed by atoms with E-state index >= 15 is 0 Å². The number of rotatable bonds is 2. The summed E-state index contributed by atoms with van der Waals surface area (Å²) in [6.07, 6.45) is 0. The van der Waals surface area contributed by atoms with E-state index in [9.17, 15) is 14.7 Å². The van der Waals surface area contributed by atoms with Crippen molar-refractivity contribution in [2.45, 2.75) is 4.90 Å². The maximum absolute atomic E-state index is 11.7. The van der Waals surface area contributed by atoms with E-state index in [0.29, 0.717) is 15.8 Å². The molecule has 6 heteroatoms. The SMILES string of the molecule is O=C([O-])c1cc(=O)c2c(SCl)cccc2[nH]1. The minimum Gasteiger partial charge on any atom is -0.543 e. The molecule has 1 N–H and O–H groups in total. The first-order chi connectivity index (χ1) is 7.63. The summed E-state index contributed by atoms with van der Waals surface area (Å²) in [6.45, 7) is 0. The van der Waals surface area contributed by atoms with Crippen molar-refractivity contribution in [1.29, 1.82) is 0 Å². The Balaban J connectivity index is 2.86. The molecule has 4 nitrogen and oxygen atoms in total. The molecule has 0 radical (unpaired) electrons. The van der Waals surface area contributed by atoms with Crippen LogP contribution in [-0.4, -0.2) is 11.0 Å². The molecule has 0 saturated carbocycles. The average Bonchev–Trinajstić information content (AvgIpc) is 2.27. The van der Waals surface area contributed by atoms with Gasteiger partial charge in [-0.15, -0.1) is 0 Å². The van der Waals surface area contributed by atoms with Crippen LogP contribution in [0.4, 0.5) is 0 Å². The molecule has 0 aliphatic heterocycles. The molecule has 2 rings (SSSR count). The molecule has 0 fully saturated rings. The number of halogens is 1. The number of pyridine rings is 1. The number of H-pyrrole nitrogens is 1. The molecule has 0 aliphatic carbocycles. The number of hydrogen-bond acceptors (Lipinski definition) is 4. The number of nitrogens with one attached hydrogen (secondary N) is 1. The summed E-state index contributed by atoms with van der Waals surface area (Å²) in [5.41, 5.74) is -0.205. The smallest absolute Gasteiger partial charge is 0.191 e. The monoisotopic (exact) mass is 254 g/mol. The van der Waals surface area contributed by atoms with Gasteiger partial charge in [0.2, 0.25) is 0 Å². The Morgan fingerprint density at radius 2 is 2.19 bits per heavy atom. The summed E-state index contributed by atoms with van der Waals surface area (Å²) in [5, 5.41) is 11.0. The molecule has 16 heavy (non-hydrogen) atoms. The van der Waals surface area contributed by atoms with Gasteiger partial charge in [0.05, 0.1) is 22.6 Å². The molecule has 2 aromatic rings. The predicted octanol–water partition coefficient (Wildman–Crippen LogP) is 1.14. The van der Waals surface area contributed by atoms with Crippen LogP contribution in [0.5, 0.6) is 0 Å². The van der Waals surface area contributed by atoms with Gasteiger partial charge in [0.25, 0.3) is 0 Å². The van der Waals surface area contributed by atoms with Crippen molar-refractivity contribution in [2.24, 2.45) is 0 Å². The van der Waals surface area contributed by atoms with E-state index in [1.807, 2.05) is 0 Å². The summed E-state index contributed by atoms with van der Waals surface area (Å²) in [6, 6.07) is 5.98. The highest BCUT2D eigenvalue weighted by molar-refractivity contribution is 8.21. The number of fused-ring (bicyclic) bond motifs is 1. The highest BCUT2D eigenvalue weighted by Crippen LogP contribution is 2.27. The van der Waals surface area contributed by atoms with Crippen LogP contribution in [0.25, 0.3) is 10.9 Å². The van der Waals surface area contributed by atoms with Gasteiger partial charge in [0.15, 0.2) is 5.43 Å². The van der Waals surface area contributed by atoms with Crippen molar-refractivity contribution in [3.63, 3.8) is 0 Å². The quantitative estimate of drug-likeness (QED) is 0.872. The standard InChI is InChI=1S/C10H6ClNO3S/c11-16-8-3-1-2-5-9(8)7(13)4-6(12-5)10(14)15/h1-4H,(H,12,13)(H,14,15)/p-1. The lowest BCUT2D eigenvalue weighted by atomic mass is 10.2. The normalized spacial score (nSPS) is 10.6. The number of aromatic carboxylic acids is 1. The Morgan fingerprint density at radius 3 is 2.81 bits per heavy atom. The van der Waals surface area contributed by atoms with Gasteiger partial charge >= 0.3 is 0 Å². The molecule has 82 valence electrons. The summed E-state index contributed by atoms with van der Waals surface area (Å²) in [5.74, 6) is -1.41. The van der Waals surface area contributed by atoms with Gasteiger partial charge in [-0.3, -0.25) is 4.79 Å². The Kier molecular flexibility index (Phi) is 2.89. The van der Waals surface area contributed by atoms with E-state index in [0.717, 1.165) is 17.0 Å². The molecule has 1 heterocycles. The van der Waals surface area contributed by atoms with Crippen molar-refractivity contribution >= 4 is 38.5 Å². The third-order valence-corrected chi connectivity index (χ3v) is 3.13. The molecule has 0 bridgehead atoms. The van der Waals surface area contributed by atoms with Gasteiger partial charge in [-0.1, -0.05) is 6.07 Å².